The molecule has 1 rings (SSSR count). The minimum Gasteiger partial charge on any atom is -0.494 e. The standard InChI is InChI=1S/C13H19FN2O2S/c1-3-18-10-5-6-12(11(14)9-10)16-13(17)15-7-4-8-19-2/h5-6,9H,3-4,7-8H2,1-2H3,(H2,15,16,17). The van der Waals surface area contributed by atoms with Crippen LogP contribution in [-0.4, -0.2) is 31.2 Å². The highest BCUT2D eigenvalue weighted by Crippen LogP contribution is 2.20. The number of rotatable bonds is 7. The molecule has 0 atom stereocenters. The number of ether oxygens (including phenoxy) is 1. The van der Waals surface area contributed by atoms with E-state index in [2.05, 4.69) is 10.6 Å². The number of nitrogens with one attached hydrogen (secondary N) is 2. The second-order valence-corrected chi connectivity index (χ2v) is 4.79. The van der Waals surface area contributed by atoms with Gasteiger partial charge in [-0.2, -0.15) is 11.8 Å². The summed E-state index contributed by atoms with van der Waals surface area (Å²) in [5.74, 6) is 0.925. The Labute approximate surface area is 117 Å². The van der Waals surface area contributed by atoms with Gasteiger partial charge in [-0.15, -0.1) is 0 Å². The molecule has 2 N–H and O–H groups in total. The molecule has 0 unspecified atom stereocenters. The van der Waals surface area contributed by atoms with Gasteiger partial charge in [0.25, 0.3) is 0 Å². The molecule has 4 nitrogen and oxygen atoms in total. The van der Waals surface area contributed by atoms with E-state index < -0.39 is 11.8 Å². The van der Waals surface area contributed by atoms with E-state index in [1.165, 1.54) is 12.1 Å². The summed E-state index contributed by atoms with van der Waals surface area (Å²) in [4.78, 5) is 11.5. The molecule has 6 heteroatoms. The van der Waals surface area contributed by atoms with Crippen LogP contribution in [0.4, 0.5) is 14.9 Å². The number of carbonyl (C=O) groups excluding carboxylic acids is 1. The number of hydrogen-bond donors (Lipinski definition) is 2. The van der Waals surface area contributed by atoms with Gasteiger partial charge in [0.2, 0.25) is 0 Å². The third-order valence-electron chi connectivity index (χ3n) is 2.31. The van der Waals surface area contributed by atoms with Gasteiger partial charge in [-0.3, -0.25) is 0 Å². The summed E-state index contributed by atoms with van der Waals surface area (Å²) < 4.78 is 18.8. The molecule has 0 aliphatic rings. The zero-order valence-electron chi connectivity index (χ0n) is 11.2. The highest BCUT2D eigenvalue weighted by atomic mass is 32.2. The van der Waals surface area contributed by atoms with Crippen molar-refractivity contribution in [2.24, 2.45) is 0 Å². The number of benzene rings is 1. The van der Waals surface area contributed by atoms with Gasteiger partial charge < -0.3 is 15.4 Å². The van der Waals surface area contributed by atoms with E-state index in [0.717, 1.165) is 12.2 Å². The van der Waals surface area contributed by atoms with Gasteiger partial charge in [-0.05, 0) is 37.5 Å². The molecule has 0 spiro atoms. The molecule has 0 fully saturated rings. The summed E-state index contributed by atoms with van der Waals surface area (Å²) in [5, 5.41) is 5.14. The predicted octanol–water partition coefficient (Wildman–Crippen LogP) is 3.10. The number of thioether (sulfide) groups is 1. The minimum absolute atomic E-state index is 0.144. The van der Waals surface area contributed by atoms with Crippen LogP contribution >= 0.6 is 11.8 Å². The summed E-state index contributed by atoms with van der Waals surface area (Å²) in [6, 6.07) is 3.97. The first kappa shape index (κ1) is 15.6. The van der Waals surface area contributed by atoms with Crippen LogP contribution in [0.1, 0.15) is 13.3 Å². The van der Waals surface area contributed by atoms with Crippen LogP contribution in [0.15, 0.2) is 18.2 Å². The summed E-state index contributed by atoms with van der Waals surface area (Å²) in [5.41, 5.74) is 0.144. The van der Waals surface area contributed by atoms with Crippen LogP contribution in [-0.2, 0) is 0 Å². The molecule has 1 aromatic rings. The average Bonchev–Trinajstić information content (AvgIpc) is 2.38. The number of hydrogen-bond acceptors (Lipinski definition) is 3. The Morgan fingerprint density at radius 3 is 2.89 bits per heavy atom. The molecule has 0 aromatic heterocycles. The predicted molar refractivity (Wildman–Crippen MR) is 77.6 cm³/mol. The van der Waals surface area contributed by atoms with E-state index >= 15 is 0 Å². The molecule has 0 aliphatic heterocycles. The summed E-state index contributed by atoms with van der Waals surface area (Å²) in [6.07, 6.45) is 2.90. The Balaban J connectivity index is 2.45. The molecule has 2 amide bonds. The minimum atomic E-state index is -0.509. The van der Waals surface area contributed by atoms with Crippen molar-refractivity contribution < 1.29 is 13.9 Å². The Kier molecular flexibility index (Phi) is 7.10. The van der Waals surface area contributed by atoms with Crippen molar-refractivity contribution in [1.82, 2.24) is 5.32 Å². The maximum absolute atomic E-state index is 13.7. The van der Waals surface area contributed by atoms with Crippen molar-refractivity contribution >= 4 is 23.5 Å². The number of carbonyl (C=O) groups is 1. The van der Waals surface area contributed by atoms with Gasteiger partial charge in [0.1, 0.15) is 11.6 Å². The second-order valence-electron chi connectivity index (χ2n) is 3.80. The summed E-state index contributed by atoms with van der Waals surface area (Å²) in [7, 11) is 0. The highest BCUT2D eigenvalue weighted by Gasteiger charge is 2.07. The molecule has 0 saturated heterocycles. The zero-order valence-corrected chi connectivity index (χ0v) is 12.0. The normalized spacial score (nSPS) is 10.1. The Morgan fingerprint density at radius 1 is 1.47 bits per heavy atom. The fourth-order valence-electron chi connectivity index (χ4n) is 1.44. The lowest BCUT2D eigenvalue weighted by Crippen LogP contribution is -2.30. The van der Waals surface area contributed by atoms with E-state index in [1.54, 1.807) is 17.8 Å². The lowest BCUT2D eigenvalue weighted by atomic mass is 10.3. The van der Waals surface area contributed by atoms with Crippen molar-refractivity contribution in [3.8, 4) is 5.75 Å². The topological polar surface area (TPSA) is 50.4 Å². The van der Waals surface area contributed by atoms with Crippen LogP contribution in [0.2, 0.25) is 0 Å². The third kappa shape index (κ3) is 5.83. The fraction of sp³-hybridized carbons (Fsp3) is 0.462. The number of urea groups is 1. The van der Waals surface area contributed by atoms with Crippen LogP contribution in [0.5, 0.6) is 5.75 Å². The SMILES string of the molecule is CCOc1ccc(NC(=O)NCCCSC)c(F)c1. The molecular weight excluding hydrogens is 267 g/mol. The quantitative estimate of drug-likeness (QED) is 0.757. The van der Waals surface area contributed by atoms with E-state index in [9.17, 15) is 9.18 Å². The largest absolute Gasteiger partial charge is 0.494 e. The lowest BCUT2D eigenvalue weighted by molar-refractivity contribution is 0.252. The Hall–Kier alpha value is -1.43. The van der Waals surface area contributed by atoms with E-state index in [4.69, 9.17) is 4.74 Å². The molecule has 0 saturated carbocycles. The smallest absolute Gasteiger partial charge is 0.319 e. The molecule has 19 heavy (non-hydrogen) atoms. The van der Waals surface area contributed by atoms with Crippen molar-refractivity contribution in [2.75, 3.05) is 30.5 Å². The summed E-state index contributed by atoms with van der Waals surface area (Å²) in [6.45, 7) is 2.87. The van der Waals surface area contributed by atoms with Crippen molar-refractivity contribution in [3.05, 3.63) is 24.0 Å². The van der Waals surface area contributed by atoms with Crippen LogP contribution < -0.4 is 15.4 Å². The number of amides is 2. The van der Waals surface area contributed by atoms with Crippen molar-refractivity contribution in [2.45, 2.75) is 13.3 Å². The maximum atomic E-state index is 13.7. The first-order valence-corrected chi connectivity index (χ1v) is 7.53. The highest BCUT2D eigenvalue weighted by molar-refractivity contribution is 7.98. The summed E-state index contributed by atoms with van der Waals surface area (Å²) >= 11 is 1.72. The Morgan fingerprint density at radius 2 is 2.26 bits per heavy atom. The lowest BCUT2D eigenvalue weighted by Gasteiger charge is -2.09. The maximum Gasteiger partial charge on any atom is 0.319 e. The van der Waals surface area contributed by atoms with E-state index in [0.29, 0.717) is 18.9 Å². The van der Waals surface area contributed by atoms with Crippen molar-refractivity contribution in [3.63, 3.8) is 0 Å². The first-order chi connectivity index (χ1) is 9.17. The van der Waals surface area contributed by atoms with Gasteiger partial charge in [-0.25, -0.2) is 9.18 Å². The second kappa shape index (κ2) is 8.63. The van der Waals surface area contributed by atoms with Gasteiger partial charge in [0.15, 0.2) is 0 Å². The van der Waals surface area contributed by atoms with Crippen LogP contribution in [0.3, 0.4) is 0 Å². The monoisotopic (exact) mass is 286 g/mol. The van der Waals surface area contributed by atoms with Crippen molar-refractivity contribution in [1.29, 1.82) is 0 Å². The zero-order chi connectivity index (χ0) is 14.1. The van der Waals surface area contributed by atoms with Gasteiger partial charge >= 0.3 is 6.03 Å². The molecule has 1 aromatic carbocycles. The van der Waals surface area contributed by atoms with Gasteiger partial charge in [-0.1, -0.05) is 0 Å². The van der Waals surface area contributed by atoms with E-state index in [1.807, 2.05) is 13.2 Å². The van der Waals surface area contributed by atoms with E-state index in [-0.39, 0.29) is 5.69 Å². The van der Waals surface area contributed by atoms with Gasteiger partial charge in [0.05, 0.1) is 12.3 Å². The molecule has 0 radical (unpaired) electrons. The first-order valence-electron chi connectivity index (χ1n) is 6.13. The Bertz CT molecular complexity index is 416. The average molecular weight is 286 g/mol. The molecule has 0 bridgehead atoms. The molecule has 0 heterocycles. The number of halogens is 1. The third-order valence-corrected chi connectivity index (χ3v) is 3.01. The number of anilines is 1. The van der Waals surface area contributed by atoms with Crippen LogP contribution in [0, 0.1) is 5.82 Å². The fourth-order valence-corrected chi connectivity index (χ4v) is 1.87. The van der Waals surface area contributed by atoms with Crippen LogP contribution in [0.25, 0.3) is 0 Å². The van der Waals surface area contributed by atoms with Gasteiger partial charge in [0, 0.05) is 12.6 Å². The molecule has 106 valence electrons. The molecule has 0 aliphatic carbocycles. The molecular formula is C13H19FN2O2S.